The highest BCUT2D eigenvalue weighted by Gasteiger charge is 2.24. The fraction of sp³-hybridized carbons (Fsp3) is 0.533. The van der Waals surface area contributed by atoms with Crippen molar-refractivity contribution in [2.45, 2.75) is 12.5 Å². The van der Waals surface area contributed by atoms with Crippen LogP contribution in [-0.2, 0) is 4.79 Å². The maximum atomic E-state index is 11.5. The molecule has 1 aromatic rings. The van der Waals surface area contributed by atoms with Gasteiger partial charge in [-0.3, -0.25) is 4.79 Å². The van der Waals surface area contributed by atoms with Crippen LogP contribution in [0.3, 0.4) is 0 Å². The lowest BCUT2D eigenvalue weighted by Gasteiger charge is -2.19. The van der Waals surface area contributed by atoms with Crippen LogP contribution in [0.15, 0.2) is 18.2 Å². The normalized spacial score (nSPS) is 12.2. The van der Waals surface area contributed by atoms with Gasteiger partial charge in [0.05, 0.1) is 14.2 Å². The minimum atomic E-state index is -0.939. The van der Waals surface area contributed by atoms with Gasteiger partial charge in [-0.15, -0.1) is 0 Å². The lowest BCUT2D eigenvalue weighted by molar-refractivity contribution is -0.139. The zero-order valence-electron chi connectivity index (χ0n) is 13.0. The number of benzene rings is 1. The lowest BCUT2D eigenvalue weighted by atomic mass is 10.0. The quantitative estimate of drug-likeness (QED) is 0.671. The standard InChI is InChI=1S/C15H24N2O4/c1-17(2)10-6-9-16-13(15(18)19)11-7-5-8-12(20-3)14(11)21-4/h5,7-8,13,16H,6,9-10H2,1-4H3,(H,18,19). The van der Waals surface area contributed by atoms with Crippen LogP contribution >= 0.6 is 0 Å². The van der Waals surface area contributed by atoms with Crippen LogP contribution in [0.5, 0.6) is 11.5 Å². The molecule has 0 fully saturated rings. The second-order valence-electron chi connectivity index (χ2n) is 4.96. The molecule has 6 nitrogen and oxygen atoms in total. The molecule has 0 aliphatic heterocycles. The number of rotatable bonds is 9. The molecule has 118 valence electrons. The summed E-state index contributed by atoms with van der Waals surface area (Å²) in [6.07, 6.45) is 0.864. The van der Waals surface area contributed by atoms with Gasteiger partial charge in [0.1, 0.15) is 6.04 Å². The Labute approximate surface area is 125 Å². The molecule has 6 heteroatoms. The van der Waals surface area contributed by atoms with Gasteiger partial charge in [0, 0.05) is 5.56 Å². The van der Waals surface area contributed by atoms with Crippen molar-refractivity contribution in [3.8, 4) is 11.5 Å². The first-order valence-electron chi connectivity index (χ1n) is 6.83. The summed E-state index contributed by atoms with van der Waals surface area (Å²) in [5.41, 5.74) is 0.564. The number of carboxylic acid groups (broad SMARTS) is 1. The number of nitrogens with one attached hydrogen (secondary N) is 1. The smallest absolute Gasteiger partial charge is 0.325 e. The zero-order chi connectivity index (χ0) is 15.8. The van der Waals surface area contributed by atoms with E-state index in [9.17, 15) is 9.90 Å². The second kappa shape index (κ2) is 8.49. The Balaban J connectivity index is 2.88. The Morgan fingerprint density at radius 1 is 1.33 bits per heavy atom. The number of aliphatic carboxylic acids is 1. The zero-order valence-corrected chi connectivity index (χ0v) is 13.0. The third kappa shape index (κ3) is 4.91. The number of nitrogens with zero attached hydrogens (tertiary/aromatic N) is 1. The predicted octanol–water partition coefficient (Wildman–Crippen LogP) is 1.37. The SMILES string of the molecule is COc1cccc(C(NCCCN(C)C)C(=O)O)c1OC. The third-order valence-corrected chi connectivity index (χ3v) is 3.12. The molecule has 0 saturated carbocycles. The van der Waals surface area contributed by atoms with Crippen LogP contribution in [0.1, 0.15) is 18.0 Å². The molecular weight excluding hydrogens is 272 g/mol. The molecule has 1 aromatic carbocycles. The van der Waals surface area contributed by atoms with Crippen molar-refractivity contribution in [3.63, 3.8) is 0 Å². The molecule has 0 aromatic heterocycles. The summed E-state index contributed by atoms with van der Waals surface area (Å²) in [6.45, 7) is 1.50. The van der Waals surface area contributed by atoms with E-state index in [1.165, 1.54) is 14.2 Å². The van der Waals surface area contributed by atoms with Gasteiger partial charge in [0.25, 0.3) is 0 Å². The van der Waals surface area contributed by atoms with E-state index in [0.717, 1.165) is 13.0 Å². The molecule has 0 aliphatic rings. The predicted molar refractivity (Wildman–Crippen MR) is 81.1 cm³/mol. The highest BCUT2D eigenvalue weighted by Crippen LogP contribution is 2.34. The van der Waals surface area contributed by atoms with Gasteiger partial charge in [0.2, 0.25) is 0 Å². The summed E-state index contributed by atoms with van der Waals surface area (Å²) in [4.78, 5) is 13.6. The van der Waals surface area contributed by atoms with E-state index in [1.807, 2.05) is 14.1 Å². The van der Waals surface area contributed by atoms with Crippen molar-refractivity contribution in [2.75, 3.05) is 41.4 Å². The Morgan fingerprint density at radius 3 is 2.57 bits per heavy atom. The summed E-state index contributed by atoms with van der Waals surface area (Å²) < 4.78 is 10.5. The van der Waals surface area contributed by atoms with Crippen LogP contribution in [0.25, 0.3) is 0 Å². The summed E-state index contributed by atoms with van der Waals surface area (Å²) in [7, 11) is 7.01. The molecule has 0 spiro atoms. The Kier molecular flexibility index (Phi) is 6.98. The molecule has 1 rings (SSSR count). The van der Waals surface area contributed by atoms with E-state index in [1.54, 1.807) is 18.2 Å². The molecule has 0 radical (unpaired) electrons. The Morgan fingerprint density at radius 2 is 2.05 bits per heavy atom. The first-order valence-corrected chi connectivity index (χ1v) is 6.83. The highest BCUT2D eigenvalue weighted by molar-refractivity contribution is 5.77. The first kappa shape index (κ1) is 17.3. The van der Waals surface area contributed by atoms with Gasteiger partial charge in [-0.25, -0.2) is 0 Å². The monoisotopic (exact) mass is 296 g/mol. The van der Waals surface area contributed by atoms with Crippen LogP contribution in [0, 0.1) is 0 Å². The summed E-state index contributed by atoms with van der Waals surface area (Å²) in [5.74, 6) is 0.0373. The molecule has 0 amide bonds. The van der Waals surface area contributed by atoms with Crippen molar-refractivity contribution in [2.24, 2.45) is 0 Å². The molecule has 0 saturated heterocycles. The molecule has 1 unspecified atom stereocenters. The maximum absolute atomic E-state index is 11.5. The van der Waals surface area contributed by atoms with Crippen LogP contribution < -0.4 is 14.8 Å². The molecule has 0 bridgehead atoms. The number of carboxylic acids is 1. The van der Waals surface area contributed by atoms with Crippen LogP contribution in [0.4, 0.5) is 0 Å². The number of ether oxygens (including phenoxy) is 2. The Bertz CT molecular complexity index is 463. The second-order valence-corrected chi connectivity index (χ2v) is 4.96. The molecule has 21 heavy (non-hydrogen) atoms. The van der Waals surface area contributed by atoms with Crippen LogP contribution in [0.2, 0.25) is 0 Å². The molecule has 1 atom stereocenters. The minimum Gasteiger partial charge on any atom is -0.493 e. The fourth-order valence-corrected chi connectivity index (χ4v) is 2.11. The summed E-state index contributed by atoms with van der Waals surface area (Å²) >= 11 is 0. The van der Waals surface area contributed by atoms with E-state index in [-0.39, 0.29) is 0 Å². The molecular formula is C15H24N2O4. The number of hydrogen-bond acceptors (Lipinski definition) is 5. The molecule has 0 aliphatic carbocycles. The topological polar surface area (TPSA) is 71.0 Å². The minimum absolute atomic E-state index is 0.451. The van der Waals surface area contributed by atoms with Crippen molar-refractivity contribution in [1.29, 1.82) is 0 Å². The van der Waals surface area contributed by atoms with Crippen molar-refractivity contribution >= 4 is 5.97 Å². The number of hydrogen-bond donors (Lipinski definition) is 2. The van der Waals surface area contributed by atoms with E-state index in [2.05, 4.69) is 10.2 Å². The average molecular weight is 296 g/mol. The van der Waals surface area contributed by atoms with Crippen molar-refractivity contribution in [3.05, 3.63) is 23.8 Å². The van der Waals surface area contributed by atoms with Gasteiger partial charge in [0.15, 0.2) is 11.5 Å². The fourth-order valence-electron chi connectivity index (χ4n) is 2.11. The highest BCUT2D eigenvalue weighted by atomic mass is 16.5. The van der Waals surface area contributed by atoms with E-state index >= 15 is 0 Å². The third-order valence-electron chi connectivity index (χ3n) is 3.12. The average Bonchev–Trinajstić information content (AvgIpc) is 2.45. The Hall–Kier alpha value is -1.79. The largest absolute Gasteiger partial charge is 0.493 e. The van der Waals surface area contributed by atoms with Crippen LogP contribution in [-0.4, -0.2) is 57.4 Å². The number of carbonyl (C=O) groups is 1. The maximum Gasteiger partial charge on any atom is 0.325 e. The lowest BCUT2D eigenvalue weighted by Crippen LogP contribution is -2.31. The van der Waals surface area contributed by atoms with E-state index in [4.69, 9.17) is 9.47 Å². The van der Waals surface area contributed by atoms with Gasteiger partial charge < -0.3 is 24.8 Å². The van der Waals surface area contributed by atoms with E-state index < -0.39 is 12.0 Å². The van der Waals surface area contributed by atoms with Crippen molar-refractivity contribution in [1.82, 2.24) is 10.2 Å². The van der Waals surface area contributed by atoms with Crippen molar-refractivity contribution < 1.29 is 19.4 Å². The van der Waals surface area contributed by atoms with E-state index in [0.29, 0.717) is 23.6 Å². The van der Waals surface area contributed by atoms with Gasteiger partial charge >= 0.3 is 5.97 Å². The first-order chi connectivity index (χ1) is 10.0. The number of methoxy groups -OCH3 is 2. The number of para-hydroxylation sites is 1. The summed E-state index contributed by atoms with van der Waals surface area (Å²) in [5, 5.41) is 12.5. The molecule has 2 N–H and O–H groups in total. The van der Waals surface area contributed by atoms with Gasteiger partial charge in [-0.05, 0) is 39.7 Å². The molecule has 0 heterocycles. The van der Waals surface area contributed by atoms with Gasteiger partial charge in [-0.2, -0.15) is 0 Å². The summed E-state index contributed by atoms with van der Waals surface area (Å²) in [6, 6.07) is 4.41. The van der Waals surface area contributed by atoms with Gasteiger partial charge in [-0.1, -0.05) is 12.1 Å².